The number of carbonyl (C=O) groups excluding carboxylic acids is 1. The largest absolute Gasteiger partial charge is 0.459 e. The van der Waals surface area contributed by atoms with Gasteiger partial charge < -0.3 is 9.84 Å². The molecule has 3 atom stereocenters. The molecule has 1 saturated heterocycles. The number of aliphatic hydroxyl groups is 1. The summed E-state index contributed by atoms with van der Waals surface area (Å²) in [6.45, 7) is 0. The van der Waals surface area contributed by atoms with Crippen molar-refractivity contribution >= 4 is 5.97 Å². The molecule has 3 nitrogen and oxygen atoms in total. The van der Waals surface area contributed by atoms with E-state index < -0.39 is 6.10 Å². The molecule has 10 heavy (non-hydrogen) atoms. The van der Waals surface area contributed by atoms with Crippen molar-refractivity contribution in [1.82, 2.24) is 0 Å². The van der Waals surface area contributed by atoms with E-state index in [0.717, 1.165) is 19.3 Å². The van der Waals surface area contributed by atoms with Gasteiger partial charge in [0.1, 0.15) is 12.2 Å². The molecule has 1 aliphatic heterocycles. The minimum atomic E-state index is -0.513. The molecule has 1 heterocycles. The summed E-state index contributed by atoms with van der Waals surface area (Å²) in [5.41, 5.74) is 0. The van der Waals surface area contributed by atoms with E-state index >= 15 is 0 Å². The summed E-state index contributed by atoms with van der Waals surface area (Å²) >= 11 is 0. The lowest BCUT2D eigenvalue weighted by Crippen LogP contribution is -2.30. The Labute approximate surface area is 59.0 Å². The van der Waals surface area contributed by atoms with Crippen molar-refractivity contribution < 1.29 is 14.6 Å². The highest BCUT2D eigenvalue weighted by Gasteiger charge is 2.45. The number of hydrogen-bond donors (Lipinski definition) is 1. The highest BCUT2D eigenvalue weighted by atomic mass is 16.6. The van der Waals surface area contributed by atoms with Gasteiger partial charge in [-0.2, -0.15) is 0 Å². The smallest absolute Gasteiger partial charge is 0.312 e. The van der Waals surface area contributed by atoms with Gasteiger partial charge >= 0.3 is 5.97 Å². The molecule has 0 unspecified atom stereocenters. The van der Waals surface area contributed by atoms with Crippen molar-refractivity contribution in [3.05, 3.63) is 0 Å². The SMILES string of the molecule is O=C1O[C@@H]2CCC[C@H]1[C@@H]2O. The Hall–Kier alpha value is -0.570. The van der Waals surface area contributed by atoms with Crippen molar-refractivity contribution in [3.8, 4) is 0 Å². The third kappa shape index (κ3) is 0.669. The first kappa shape index (κ1) is 6.16. The van der Waals surface area contributed by atoms with Crippen LogP contribution in [0.4, 0.5) is 0 Å². The number of carbonyl (C=O) groups is 1. The first-order valence-corrected chi connectivity index (χ1v) is 3.67. The molecule has 2 fully saturated rings. The first-order chi connectivity index (χ1) is 4.79. The van der Waals surface area contributed by atoms with Crippen LogP contribution in [-0.2, 0) is 9.53 Å². The number of rotatable bonds is 0. The van der Waals surface area contributed by atoms with Gasteiger partial charge in [-0.3, -0.25) is 4.79 Å². The summed E-state index contributed by atoms with van der Waals surface area (Å²) in [5, 5.41) is 9.33. The van der Waals surface area contributed by atoms with Crippen LogP contribution in [0, 0.1) is 5.92 Å². The fourth-order valence-corrected chi connectivity index (χ4v) is 1.76. The zero-order chi connectivity index (χ0) is 7.14. The molecule has 0 radical (unpaired) electrons. The van der Waals surface area contributed by atoms with Crippen LogP contribution in [0.2, 0.25) is 0 Å². The molecule has 0 spiro atoms. The second-order valence-corrected chi connectivity index (χ2v) is 3.00. The van der Waals surface area contributed by atoms with Crippen molar-refractivity contribution in [2.24, 2.45) is 5.92 Å². The summed E-state index contributed by atoms with van der Waals surface area (Å²) in [6, 6.07) is 0. The lowest BCUT2D eigenvalue weighted by molar-refractivity contribution is -0.143. The second kappa shape index (κ2) is 1.95. The number of aliphatic hydroxyl groups excluding tert-OH is 1. The Morgan fingerprint density at radius 1 is 1.50 bits per heavy atom. The summed E-state index contributed by atoms with van der Waals surface area (Å²) in [4.78, 5) is 10.9. The lowest BCUT2D eigenvalue weighted by atomic mass is 9.87. The molecule has 1 saturated carbocycles. The van der Waals surface area contributed by atoms with Crippen LogP contribution in [0.5, 0.6) is 0 Å². The van der Waals surface area contributed by atoms with Gasteiger partial charge in [-0.25, -0.2) is 0 Å². The molecule has 0 aromatic carbocycles. The fraction of sp³-hybridized carbons (Fsp3) is 0.857. The summed E-state index contributed by atoms with van der Waals surface area (Å²) in [6.07, 6.45) is 1.95. The Bertz CT molecular complexity index is 166. The van der Waals surface area contributed by atoms with Crippen LogP contribution < -0.4 is 0 Å². The maximum atomic E-state index is 10.9. The zero-order valence-corrected chi connectivity index (χ0v) is 5.62. The third-order valence-electron chi connectivity index (χ3n) is 2.37. The molecule has 1 aliphatic carbocycles. The molecular weight excluding hydrogens is 132 g/mol. The Balaban J connectivity index is 2.22. The van der Waals surface area contributed by atoms with E-state index in [1.807, 2.05) is 0 Å². The van der Waals surface area contributed by atoms with Crippen LogP contribution in [-0.4, -0.2) is 23.3 Å². The normalized spacial score (nSPS) is 45.3. The second-order valence-electron chi connectivity index (χ2n) is 3.00. The van der Waals surface area contributed by atoms with Crippen molar-refractivity contribution in [3.63, 3.8) is 0 Å². The molecule has 0 amide bonds. The predicted octanol–water partition coefficient (Wildman–Crippen LogP) is 0.0728. The molecular formula is C7H10O3. The minimum Gasteiger partial charge on any atom is -0.459 e. The average Bonchev–Trinajstić information content (AvgIpc) is 2.16. The Morgan fingerprint density at radius 2 is 2.30 bits per heavy atom. The van der Waals surface area contributed by atoms with E-state index in [4.69, 9.17) is 4.74 Å². The molecule has 3 heteroatoms. The van der Waals surface area contributed by atoms with E-state index in [-0.39, 0.29) is 18.0 Å². The van der Waals surface area contributed by atoms with E-state index in [9.17, 15) is 9.90 Å². The van der Waals surface area contributed by atoms with Gasteiger partial charge in [-0.15, -0.1) is 0 Å². The summed E-state index contributed by atoms with van der Waals surface area (Å²) in [5.74, 6) is -0.409. The van der Waals surface area contributed by atoms with E-state index in [1.165, 1.54) is 0 Å². The highest BCUT2D eigenvalue weighted by molar-refractivity contribution is 5.76. The van der Waals surface area contributed by atoms with E-state index in [1.54, 1.807) is 0 Å². The van der Waals surface area contributed by atoms with Crippen molar-refractivity contribution in [1.29, 1.82) is 0 Å². The predicted molar refractivity (Wildman–Crippen MR) is 33.2 cm³/mol. The van der Waals surface area contributed by atoms with Crippen LogP contribution in [0.1, 0.15) is 19.3 Å². The number of fused-ring (bicyclic) bond motifs is 2. The standard InChI is InChI=1S/C7H10O3/c8-6-4-2-1-3-5(6)10-7(4)9/h4-6,8H,1-3H2/t4-,5+,6-/m0/s1. The molecule has 2 aliphatic rings. The fourth-order valence-electron chi connectivity index (χ4n) is 1.76. The average molecular weight is 142 g/mol. The Kier molecular flexibility index (Phi) is 1.20. The van der Waals surface area contributed by atoms with Gasteiger partial charge in [0, 0.05) is 0 Å². The monoisotopic (exact) mass is 142 g/mol. The van der Waals surface area contributed by atoms with Crippen molar-refractivity contribution in [2.45, 2.75) is 31.5 Å². The van der Waals surface area contributed by atoms with Crippen LogP contribution in [0.25, 0.3) is 0 Å². The Morgan fingerprint density at radius 3 is 2.90 bits per heavy atom. The van der Waals surface area contributed by atoms with E-state index in [0.29, 0.717) is 0 Å². The maximum absolute atomic E-state index is 10.9. The maximum Gasteiger partial charge on any atom is 0.312 e. The van der Waals surface area contributed by atoms with Gasteiger partial charge in [0.05, 0.1) is 5.92 Å². The molecule has 56 valence electrons. The molecule has 0 aromatic rings. The lowest BCUT2D eigenvalue weighted by Gasteiger charge is -2.19. The van der Waals surface area contributed by atoms with Crippen LogP contribution in [0.3, 0.4) is 0 Å². The number of ether oxygens (including phenoxy) is 1. The summed E-state index contributed by atoms with van der Waals surface area (Å²) < 4.78 is 4.91. The van der Waals surface area contributed by atoms with Gasteiger partial charge in [0.2, 0.25) is 0 Å². The molecule has 2 rings (SSSR count). The number of esters is 1. The third-order valence-corrected chi connectivity index (χ3v) is 2.37. The molecule has 0 aromatic heterocycles. The van der Waals surface area contributed by atoms with Crippen LogP contribution >= 0.6 is 0 Å². The van der Waals surface area contributed by atoms with E-state index in [2.05, 4.69) is 0 Å². The van der Waals surface area contributed by atoms with Crippen LogP contribution in [0.15, 0.2) is 0 Å². The van der Waals surface area contributed by atoms with Crippen molar-refractivity contribution in [2.75, 3.05) is 0 Å². The van der Waals surface area contributed by atoms with Gasteiger partial charge in [-0.1, -0.05) is 0 Å². The van der Waals surface area contributed by atoms with Gasteiger partial charge in [0.15, 0.2) is 0 Å². The first-order valence-electron chi connectivity index (χ1n) is 3.67. The van der Waals surface area contributed by atoms with Gasteiger partial charge in [0.25, 0.3) is 0 Å². The quantitative estimate of drug-likeness (QED) is 0.487. The van der Waals surface area contributed by atoms with Gasteiger partial charge in [-0.05, 0) is 19.3 Å². The molecule has 1 N–H and O–H groups in total. The minimum absolute atomic E-state index is 0.189. The molecule has 2 bridgehead atoms. The number of hydrogen-bond acceptors (Lipinski definition) is 3. The zero-order valence-electron chi connectivity index (χ0n) is 5.62. The topological polar surface area (TPSA) is 46.5 Å². The highest BCUT2D eigenvalue weighted by Crippen LogP contribution is 2.34. The summed E-state index contributed by atoms with van der Waals surface area (Å²) in [7, 11) is 0.